The number of nitrogens with one attached hydrogen (secondary N) is 1. The number of carbonyl (C=O) groups is 2. The van der Waals surface area contributed by atoms with E-state index in [-0.39, 0.29) is 18.4 Å². The number of hydrogen-bond acceptors (Lipinski definition) is 4. The molecule has 0 unspecified atom stereocenters. The van der Waals surface area contributed by atoms with Gasteiger partial charge in [0.25, 0.3) is 0 Å². The molecule has 0 aliphatic carbocycles. The highest BCUT2D eigenvalue weighted by Gasteiger charge is 2.23. The summed E-state index contributed by atoms with van der Waals surface area (Å²) in [6.07, 6.45) is 0.346. The number of rotatable bonds is 6. The zero-order valence-corrected chi connectivity index (χ0v) is 15.9. The van der Waals surface area contributed by atoms with E-state index in [1.165, 1.54) is 5.56 Å². The Morgan fingerprint density at radius 2 is 1.88 bits per heavy atom. The highest BCUT2D eigenvalue weighted by molar-refractivity contribution is 7.10. The molecule has 1 aliphatic rings. The Hall–Kier alpha value is -2.18. The summed E-state index contributed by atoms with van der Waals surface area (Å²) in [4.78, 5) is 30.1. The molecule has 6 heteroatoms. The molecule has 26 heavy (non-hydrogen) atoms. The summed E-state index contributed by atoms with van der Waals surface area (Å²) in [5.74, 6) is 0.0228. The van der Waals surface area contributed by atoms with Crippen molar-refractivity contribution >= 4 is 23.2 Å². The van der Waals surface area contributed by atoms with E-state index in [1.807, 2.05) is 53.6 Å². The van der Waals surface area contributed by atoms with Crippen LogP contribution in [0.3, 0.4) is 0 Å². The lowest BCUT2D eigenvalue weighted by Crippen LogP contribution is -2.50. The standard InChI is InChI=1S/C20H25N3O2S/c1-16-4-6-17(7-5-16)14-23(19(24)13-18-3-2-12-26-18)15-20(25)22-10-8-21-9-11-22/h2-7,12,21H,8-11,13-15H2,1H3. The molecule has 0 spiro atoms. The molecule has 0 saturated carbocycles. The Bertz CT molecular complexity index is 722. The molecule has 1 fully saturated rings. The van der Waals surface area contributed by atoms with Crippen LogP contribution in [-0.4, -0.2) is 54.3 Å². The van der Waals surface area contributed by atoms with Gasteiger partial charge in [-0.25, -0.2) is 0 Å². The van der Waals surface area contributed by atoms with Crippen LogP contribution in [-0.2, 0) is 22.6 Å². The molecule has 1 saturated heterocycles. The molecule has 2 heterocycles. The van der Waals surface area contributed by atoms with Gasteiger partial charge in [-0.3, -0.25) is 9.59 Å². The number of benzene rings is 1. The van der Waals surface area contributed by atoms with Gasteiger partial charge in [-0.05, 0) is 23.9 Å². The van der Waals surface area contributed by atoms with Crippen molar-refractivity contribution < 1.29 is 9.59 Å². The minimum atomic E-state index is -0.00323. The monoisotopic (exact) mass is 371 g/mol. The van der Waals surface area contributed by atoms with Gasteiger partial charge in [0, 0.05) is 37.6 Å². The first kappa shape index (κ1) is 18.6. The highest BCUT2D eigenvalue weighted by Crippen LogP contribution is 2.14. The van der Waals surface area contributed by atoms with Crippen molar-refractivity contribution in [1.29, 1.82) is 0 Å². The summed E-state index contributed by atoms with van der Waals surface area (Å²) >= 11 is 1.57. The quantitative estimate of drug-likeness (QED) is 0.846. The SMILES string of the molecule is Cc1ccc(CN(CC(=O)N2CCNCC2)C(=O)Cc2cccs2)cc1. The fourth-order valence-corrected chi connectivity index (χ4v) is 3.69. The van der Waals surface area contributed by atoms with Gasteiger partial charge in [-0.2, -0.15) is 0 Å². The first-order valence-electron chi connectivity index (χ1n) is 8.96. The normalized spacial score (nSPS) is 14.3. The van der Waals surface area contributed by atoms with E-state index in [2.05, 4.69) is 5.32 Å². The van der Waals surface area contributed by atoms with E-state index in [0.29, 0.717) is 26.1 Å². The van der Waals surface area contributed by atoms with Gasteiger partial charge in [-0.1, -0.05) is 35.9 Å². The molecule has 0 atom stereocenters. The average molecular weight is 372 g/mol. The van der Waals surface area contributed by atoms with Crippen LogP contribution in [0.2, 0.25) is 0 Å². The van der Waals surface area contributed by atoms with Gasteiger partial charge in [0.2, 0.25) is 11.8 Å². The fraction of sp³-hybridized carbons (Fsp3) is 0.400. The Morgan fingerprint density at radius 1 is 1.15 bits per heavy atom. The number of thiophene rings is 1. The van der Waals surface area contributed by atoms with E-state index in [9.17, 15) is 9.59 Å². The predicted octanol–water partition coefficient (Wildman–Crippen LogP) is 2.06. The lowest BCUT2D eigenvalue weighted by atomic mass is 10.1. The Morgan fingerprint density at radius 3 is 2.54 bits per heavy atom. The number of nitrogens with zero attached hydrogens (tertiary/aromatic N) is 2. The van der Waals surface area contributed by atoms with E-state index in [4.69, 9.17) is 0 Å². The summed E-state index contributed by atoms with van der Waals surface area (Å²) in [7, 11) is 0. The molecule has 2 amide bonds. The van der Waals surface area contributed by atoms with Crippen molar-refractivity contribution in [3.63, 3.8) is 0 Å². The maximum Gasteiger partial charge on any atom is 0.242 e. The summed E-state index contributed by atoms with van der Waals surface area (Å²) in [5.41, 5.74) is 2.23. The zero-order chi connectivity index (χ0) is 18.4. The molecule has 1 N–H and O–H groups in total. The van der Waals surface area contributed by atoms with E-state index < -0.39 is 0 Å². The minimum Gasteiger partial charge on any atom is -0.339 e. The van der Waals surface area contributed by atoms with E-state index in [1.54, 1.807) is 16.2 Å². The van der Waals surface area contributed by atoms with Crippen LogP contribution >= 0.6 is 11.3 Å². The van der Waals surface area contributed by atoms with Gasteiger partial charge < -0.3 is 15.1 Å². The third kappa shape index (κ3) is 5.16. The maximum atomic E-state index is 12.8. The van der Waals surface area contributed by atoms with Gasteiger partial charge in [0.05, 0.1) is 6.42 Å². The van der Waals surface area contributed by atoms with Crippen LogP contribution < -0.4 is 5.32 Å². The van der Waals surface area contributed by atoms with E-state index in [0.717, 1.165) is 23.5 Å². The van der Waals surface area contributed by atoms with Gasteiger partial charge in [0.1, 0.15) is 6.54 Å². The third-order valence-corrected chi connectivity index (χ3v) is 5.42. The first-order chi connectivity index (χ1) is 12.6. The van der Waals surface area contributed by atoms with Crippen LogP contribution in [0.1, 0.15) is 16.0 Å². The zero-order valence-electron chi connectivity index (χ0n) is 15.1. The number of carbonyl (C=O) groups excluding carboxylic acids is 2. The smallest absolute Gasteiger partial charge is 0.242 e. The van der Waals surface area contributed by atoms with Crippen LogP contribution in [0, 0.1) is 6.92 Å². The number of amides is 2. The summed E-state index contributed by atoms with van der Waals surface area (Å²) in [5, 5.41) is 5.22. The Kier molecular flexibility index (Phi) is 6.41. The third-order valence-electron chi connectivity index (χ3n) is 4.55. The molecule has 1 aromatic carbocycles. The molecule has 1 aromatic heterocycles. The lowest BCUT2D eigenvalue weighted by molar-refractivity contribution is -0.141. The predicted molar refractivity (Wildman–Crippen MR) is 104 cm³/mol. The molecule has 0 bridgehead atoms. The first-order valence-corrected chi connectivity index (χ1v) is 9.84. The van der Waals surface area contributed by atoms with Crippen molar-refractivity contribution in [1.82, 2.24) is 15.1 Å². The Labute approximate surface area is 158 Å². The van der Waals surface area contributed by atoms with Crippen LogP contribution in [0.5, 0.6) is 0 Å². The lowest BCUT2D eigenvalue weighted by Gasteiger charge is -2.30. The van der Waals surface area contributed by atoms with Crippen LogP contribution in [0.4, 0.5) is 0 Å². The second-order valence-electron chi connectivity index (χ2n) is 6.62. The second-order valence-corrected chi connectivity index (χ2v) is 7.65. The van der Waals surface area contributed by atoms with Crippen LogP contribution in [0.15, 0.2) is 41.8 Å². The molecular weight excluding hydrogens is 346 g/mol. The summed E-state index contributed by atoms with van der Waals surface area (Å²) < 4.78 is 0. The van der Waals surface area contributed by atoms with Crippen molar-refractivity contribution in [2.45, 2.75) is 19.9 Å². The molecule has 1 aliphatic heterocycles. The fourth-order valence-electron chi connectivity index (χ4n) is 3.00. The molecule has 138 valence electrons. The average Bonchev–Trinajstić information content (AvgIpc) is 3.16. The second kappa shape index (κ2) is 8.96. The van der Waals surface area contributed by atoms with Crippen molar-refractivity contribution in [3.05, 3.63) is 57.8 Å². The number of aryl methyl sites for hydroxylation is 1. The van der Waals surface area contributed by atoms with Gasteiger partial charge in [0.15, 0.2) is 0 Å². The van der Waals surface area contributed by atoms with Crippen molar-refractivity contribution in [3.8, 4) is 0 Å². The summed E-state index contributed by atoms with van der Waals surface area (Å²) in [6.45, 7) is 5.67. The highest BCUT2D eigenvalue weighted by atomic mass is 32.1. The van der Waals surface area contributed by atoms with Crippen molar-refractivity contribution in [2.75, 3.05) is 32.7 Å². The summed E-state index contributed by atoms with van der Waals surface area (Å²) in [6, 6.07) is 12.0. The maximum absolute atomic E-state index is 12.8. The molecule has 5 nitrogen and oxygen atoms in total. The number of hydrogen-bond donors (Lipinski definition) is 1. The topological polar surface area (TPSA) is 52.7 Å². The van der Waals surface area contributed by atoms with Gasteiger partial charge >= 0.3 is 0 Å². The molecule has 0 radical (unpaired) electrons. The Balaban J connectivity index is 1.70. The number of piperazine rings is 1. The molecule has 3 rings (SSSR count). The van der Waals surface area contributed by atoms with Gasteiger partial charge in [-0.15, -0.1) is 11.3 Å². The largest absolute Gasteiger partial charge is 0.339 e. The minimum absolute atomic E-state index is 0.00323. The molecule has 2 aromatic rings. The van der Waals surface area contributed by atoms with Crippen LogP contribution in [0.25, 0.3) is 0 Å². The van der Waals surface area contributed by atoms with E-state index >= 15 is 0 Å². The molecular formula is C20H25N3O2S. The van der Waals surface area contributed by atoms with Crippen molar-refractivity contribution in [2.24, 2.45) is 0 Å².